The van der Waals surface area contributed by atoms with Crippen LogP contribution in [0.25, 0.3) is 11.5 Å². The SMILES string of the molecule is COc1ccc(-c2nc(COC(=O)[C@H](Cc3ccccc3)NC(=O)OCc3ccccc3)no2)cc1. The van der Waals surface area contributed by atoms with Gasteiger partial charge in [-0.3, -0.25) is 0 Å². The molecule has 1 aromatic heterocycles. The molecule has 4 aromatic rings. The number of benzene rings is 3. The molecule has 36 heavy (non-hydrogen) atoms. The molecule has 0 aliphatic rings. The normalized spacial score (nSPS) is 11.4. The molecule has 1 N–H and O–H groups in total. The van der Waals surface area contributed by atoms with Gasteiger partial charge in [0.05, 0.1) is 7.11 Å². The molecular weight excluding hydrogens is 462 g/mol. The maximum atomic E-state index is 12.9. The van der Waals surface area contributed by atoms with Crippen LogP contribution in [0, 0.1) is 0 Å². The Morgan fingerprint density at radius 2 is 1.53 bits per heavy atom. The van der Waals surface area contributed by atoms with Crippen LogP contribution < -0.4 is 10.1 Å². The predicted molar refractivity (Wildman–Crippen MR) is 130 cm³/mol. The van der Waals surface area contributed by atoms with Crippen molar-refractivity contribution < 1.29 is 28.3 Å². The van der Waals surface area contributed by atoms with Gasteiger partial charge in [-0.25, -0.2) is 9.59 Å². The molecule has 1 amide bonds. The van der Waals surface area contributed by atoms with Crippen LogP contribution >= 0.6 is 0 Å². The summed E-state index contributed by atoms with van der Waals surface area (Å²) >= 11 is 0. The number of hydrogen-bond acceptors (Lipinski definition) is 8. The number of ether oxygens (including phenoxy) is 3. The van der Waals surface area contributed by atoms with E-state index in [2.05, 4.69) is 15.5 Å². The Bertz CT molecular complexity index is 1260. The van der Waals surface area contributed by atoms with Gasteiger partial charge in [0.1, 0.15) is 18.4 Å². The van der Waals surface area contributed by atoms with Gasteiger partial charge in [-0.15, -0.1) is 0 Å². The minimum Gasteiger partial charge on any atom is -0.497 e. The summed E-state index contributed by atoms with van der Waals surface area (Å²) in [7, 11) is 1.58. The molecule has 1 atom stereocenters. The second kappa shape index (κ2) is 12.2. The lowest BCUT2D eigenvalue weighted by Crippen LogP contribution is -2.43. The minimum absolute atomic E-state index is 0.0801. The van der Waals surface area contributed by atoms with Gasteiger partial charge in [-0.1, -0.05) is 65.8 Å². The molecule has 9 heteroatoms. The van der Waals surface area contributed by atoms with Crippen molar-refractivity contribution in [2.24, 2.45) is 0 Å². The predicted octanol–water partition coefficient (Wildman–Crippen LogP) is 4.33. The van der Waals surface area contributed by atoms with Gasteiger partial charge in [0.15, 0.2) is 6.61 Å². The first-order valence-electron chi connectivity index (χ1n) is 11.3. The maximum Gasteiger partial charge on any atom is 0.408 e. The smallest absolute Gasteiger partial charge is 0.408 e. The van der Waals surface area contributed by atoms with Crippen LogP contribution in [0.2, 0.25) is 0 Å². The number of amides is 1. The van der Waals surface area contributed by atoms with Crippen molar-refractivity contribution in [1.29, 1.82) is 0 Å². The van der Waals surface area contributed by atoms with E-state index in [1.54, 1.807) is 31.4 Å². The molecule has 0 saturated carbocycles. The fraction of sp³-hybridized carbons (Fsp3) is 0.185. The number of nitrogens with one attached hydrogen (secondary N) is 1. The molecule has 0 aliphatic carbocycles. The highest BCUT2D eigenvalue weighted by Gasteiger charge is 2.24. The van der Waals surface area contributed by atoms with Gasteiger partial charge >= 0.3 is 12.1 Å². The van der Waals surface area contributed by atoms with Crippen molar-refractivity contribution in [2.45, 2.75) is 25.7 Å². The number of methoxy groups -OCH3 is 1. The first-order valence-corrected chi connectivity index (χ1v) is 11.3. The third-order valence-electron chi connectivity index (χ3n) is 5.22. The lowest BCUT2D eigenvalue weighted by Gasteiger charge is -2.17. The molecule has 9 nitrogen and oxygen atoms in total. The van der Waals surface area contributed by atoms with E-state index in [0.29, 0.717) is 11.3 Å². The number of carbonyl (C=O) groups excluding carboxylic acids is 2. The summed E-state index contributed by atoms with van der Waals surface area (Å²) in [6.07, 6.45) is -0.498. The quantitative estimate of drug-likeness (QED) is 0.329. The third-order valence-corrected chi connectivity index (χ3v) is 5.22. The van der Waals surface area contributed by atoms with Crippen molar-refractivity contribution >= 4 is 12.1 Å². The highest BCUT2D eigenvalue weighted by atomic mass is 16.6. The standard InChI is InChI=1S/C27H25N3O6/c1-33-22-14-12-21(13-15-22)25-29-24(30-36-25)18-34-26(31)23(16-19-8-4-2-5-9-19)28-27(32)35-17-20-10-6-3-7-11-20/h2-15,23H,16-18H2,1H3,(H,28,32)/t23-/m0/s1. The first kappa shape index (κ1) is 24.5. The number of esters is 1. The molecule has 4 rings (SSSR count). The van der Waals surface area contributed by atoms with Crippen molar-refractivity contribution in [3.63, 3.8) is 0 Å². The summed E-state index contributed by atoms with van der Waals surface area (Å²) in [6, 6.07) is 24.7. The van der Waals surface area contributed by atoms with Crippen LogP contribution in [0.3, 0.4) is 0 Å². The number of hydrogen-bond donors (Lipinski definition) is 1. The fourth-order valence-electron chi connectivity index (χ4n) is 3.35. The summed E-state index contributed by atoms with van der Waals surface area (Å²) in [4.78, 5) is 29.6. The van der Waals surface area contributed by atoms with E-state index in [4.69, 9.17) is 18.7 Å². The molecular formula is C27H25N3O6. The van der Waals surface area contributed by atoms with E-state index in [1.807, 2.05) is 60.7 Å². The number of nitrogens with zero attached hydrogens (tertiary/aromatic N) is 2. The van der Waals surface area contributed by atoms with Crippen molar-refractivity contribution in [3.05, 3.63) is 102 Å². The van der Waals surface area contributed by atoms with E-state index in [0.717, 1.165) is 11.1 Å². The van der Waals surface area contributed by atoms with Crippen LogP contribution in [0.5, 0.6) is 5.75 Å². The number of aromatic nitrogens is 2. The van der Waals surface area contributed by atoms with Gasteiger partial charge in [0.2, 0.25) is 5.82 Å². The Kier molecular flexibility index (Phi) is 8.27. The zero-order chi connectivity index (χ0) is 25.2. The molecule has 184 valence electrons. The average Bonchev–Trinajstić information content (AvgIpc) is 3.40. The zero-order valence-electron chi connectivity index (χ0n) is 19.6. The summed E-state index contributed by atoms with van der Waals surface area (Å²) in [5.74, 6) is 0.532. The van der Waals surface area contributed by atoms with E-state index in [1.165, 1.54) is 0 Å². The summed E-state index contributed by atoms with van der Waals surface area (Å²) in [6.45, 7) is -0.138. The molecule has 0 radical (unpaired) electrons. The number of rotatable bonds is 10. The monoisotopic (exact) mass is 487 g/mol. The molecule has 0 fully saturated rings. The highest BCUT2D eigenvalue weighted by molar-refractivity contribution is 5.81. The molecule has 0 spiro atoms. The topological polar surface area (TPSA) is 113 Å². The van der Waals surface area contributed by atoms with Gasteiger partial charge < -0.3 is 24.1 Å². The van der Waals surface area contributed by atoms with E-state index in [-0.39, 0.29) is 31.3 Å². The van der Waals surface area contributed by atoms with Gasteiger partial charge in [0, 0.05) is 12.0 Å². The van der Waals surface area contributed by atoms with Gasteiger partial charge in [-0.05, 0) is 35.4 Å². The molecule has 0 aliphatic heterocycles. The van der Waals surface area contributed by atoms with Crippen molar-refractivity contribution in [3.8, 4) is 17.2 Å². The second-order valence-corrected chi connectivity index (χ2v) is 7.80. The summed E-state index contributed by atoms with van der Waals surface area (Å²) < 4.78 is 21.1. The maximum absolute atomic E-state index is 12.9. The Morgan fingerprint density at radius 3 is 2.19 bits per heavy atom. The number of alkyl carbamates (subject to hydrolysis) is 1. The average molecular weight is 488 g/mol. The minimum atomic E-state index is -0.969. The van der Waals surface area contributed by atoms with Crippen molar-refractivity contribution in [1.82, 2.24) is 15.5 Å². The molecule has 1 heterocycles. The summed E-state index contributed by atoms with van der Waals surface area (Å²) in [5, 5.41) is 6.47. The molecule has 0 saturated heterocycles. The largest absolute Gasteiger partial charge is 0.497 e. The first-order chi connectivity index (χ1) is 17.6. The fourth-order valence-corrected chi connectivity index (χ4v) is 3.35. The molecule has 0 bridgehead atoms. The van der Waals surface area contributed by atoms with Crippen LogP contribution in [-0.4, -0.2) is 35.4 Å². The van der Waals surface area contributed by atoms with Crippen LogP contribution in [0.15, 0.2) is 89.5 Å². The molecule has 3 aromatic carbocycles. The van der Waals surface area contributed by atoms with Crippen LogP contribution in [0.4, 0.5) is 4.79 Å². The third kappa shape index (κ3) is 6.92. The lowest BCUT2D eigenvalue weighted by molar-refractivity contribution is -0.147. The van der Waals surface area contributed by atoms with Crippen LogP contribution in [-0.2, 0) is 33.9 Å². The molecule has 0 unspecified atom stereocenters. The van der Waals surface area contributed by atoms with E-state index in [9.17, 15) is 9.59 Å². The Hall–Kier alpha value is -4.66. The number of carbonyl (C=O) groups is 2. The highest BCUT2D eigenvalue weighted by Crippen LogP contribution is 2.21. The van der Waals surface area contributed by atoms with Gasteiger partial charge in [0.25, 0.3) is 5.89 Å². The zero-order valence-corrected chi connectivity index (χ0v) is 19.6. The van der Waals surface area contributed by atoms with Gasteiger partial charge in [-0.2, -0.15) is 4.98 Å². The van der Waals surface area contributed by atoms with E-state index < -0.39 is 18.1 Å². The Labute approximate surface area is 208 Å². The Morgan fingerprint density at radius 1 is 0.861 bits per heavy atom. The Balaban J connectivity index is 1.37. The second-order valence-electron chi connectivity index (χ2n) is 7.80. The summed E-state index contributed by atoms with van der Waals surface area (Å²) in [5.41, 5.74) is 2.38. The van der Waals surface area contributed by atoms with Crippen molar-refractivity contribution in [2.75, 3.05) is 7.11 Å². The van der Waals surface area contributed by atoms with Crippen LogP contribution in [0.1, 0.15) is 17.0 Å². The lowest BCUT2D eigenvalue weighted by atomic mass is 10.1. The van der Waals surface area contributed by atoms with E-state index >= 15 is 0 Å².